The number of rotatable bonds is 3. The van der Waals surface area contributed by atoms with E-state index in [1.54, 1.807) is 43.3 Å². The van der Waals surface area contributed by atoms with Gasteiger partial charge in [0.1, 0.15) is 15.4 Å². The highest BCUT2D eigenvalue weighted by Gasteiger charge is 2.21. The van der Waals surface area contributed by atoms with Gasteiger partial charge in [-0.15, -0.1) is 0 Å². The fourth-order valence-corrected chi connectivity index (χ4v) is 4.94. The highest BCUT2D eigenvalue weighted by atomic mass is 32.2. The molecule has 9 heteroatoms. The number of fused-ring (bicyclic) bond motifs is 1. The van der Waals surface area contributed by atoms with Crippen molar-refractivity contribution in [3.63, 3.8) is 0 Å². The molecule has 7 nitrogen and oxygen atoms in total. The van der Waals surface area contributed by atoms with E-state index in [0.29, 0.717) is 18.0 Å². The number of nitrogens with zero attached hydrogens (tertiary/aromatic N) is 4. The first-order chi connectivity index (χ1) is 14.2. The van der Waals surface area contributed by atoms with E-state index in [-0.39, 0.29) is 6.03 Å². The number of urea groups is 1. The van der Waals surface area contributed by atoms with Crippen molar-refractivity contribution in [2.75, 3.05) is 33.4 Å². The van der Waals surface area contributed by atoms with E-state index in [2.05, 4.69) is 6.08 Å². The number of hydrogen-bond acceptors (Lipinski definition) is 6. The zero-order chi connectivity index (χ0) is 21.5. The Hall–Kier alpha value is -2.78. The Morgan fingerprint density at radius 2 is 1.83 bits per heavy atom. The van der Waals surface area contributed by atoms with Crippen LogP contribution in [0.4, 0.5) is 4.79 Å². The minimum Gasteiger partial charge on any atom is -0.331 e. The van der Waals surface area contributed by atoms with Crippen LogP contribution in [0.3, 0.4) is 0 Å². The number of benzene rings is 1. The summed E-state index contributed by atoms with van der Waals surface area (Å²) in [5, 5.41) is 0.930. The van der Waals surface area contributed by atoms with Gasteiger partial charge in [-0.25, -0.2) is 23.2 Å². The van der Waals surface area contributed by atoms with E-state index in [1.807, 2.05) is 17.0 Å². The maximum Gasteiger partial charge on any atom is 0.319 e. The van der Waals surface area contributed by atoms with Gasteiger partial charge in [-0.3, -0.25) is 0 Å². The van der Waals surface area contributed by atoms with E-state index in [1.165, 1.54) is 17.6 Å². The Labute approximate surface area is 179 Å². The Kier molecular flexibility index (Phi) is 5.33. The quantitative estimate of drug-likeness (QED) is 0.620. The fourth-order valence-electron chi connectivity index (χ4n) is 3.31. The number of thiazole rings is 1. The molecule has 1 aliphatic rings. The number of pyridine rings is 1. The number of carbonyl (C=O) groups excluding carboxylic acids is 1. The van der Waals surface area contributed by atoms with Gasteiger partial charge in [0.25, 0.3) is 0 Å². The van der Waals surface area contributed by atoms with Crippen molar-refractivity contribution in [1.82, 2.24) is 19.8 Å². The molecule has 0 saturated carbocycles. The number of sulfone groups is 1. The monoisotopic (exact) mass is 442 g/mol. The predicted molar refractivity (Wildman–Crippen MR) is 119 cm³/mol. The Bertz CT molecular complexity index is 1240. The van der Waals surface area contributed by atoms with Crippen molar-refractivity contribution in [3.8, 4) is 11.3 Å². The van der Waals surface area contributed by atoms with Crippen molar-refractivity contribution >= 4 is 43.1 Å². The standard InChI is InChI=1S/C21H22N4O3S2/c1-24(2)21(26)25-12-10-15(11-13-25)19-23-18-9-8-17(22-20(18)29-19)14-4-6-16(7-5-14)30(3,27)28/h4-10H,11-13H2,1-3H3. The lowest BCUT2D eigenvalue weighted by molar-refractivity contribution is 0.176. The van der Waals surface area contributed by atoms with Crippen LogP contribution in [0.15, 0.2) is 47.4 Å². The second-order valence-corrected chi connectivity index (χ2v) is 10.4. The Morgan fingerprint density at radius 1 is 1.10 bits per heavy atom. The lowest BCUT2D eigenvalue weighted by Gasteiger charge is -2.28. The van der Waals surface area contributed by atoms with Crippen LogP contribution in [-0.2, 0) is 9.84 Å². The SMILES string of the molecule is CN(C)C(=O)N1CC=C(c2nc3ccc(-c4ccc(S(C)(=O)=O)cc4)nc3s2)CC1. The third-order valence-corrected chi connectivity index (χ3v) is 7.14. The minimum atomic E-state index is -3.22. The van der Waals surface area contributed by atoms with Crippen LogP contribution in [0.5, 0.6) is 0 Å². The van der Waals surface area contributed by atoms with Crippen LogP contribution in [0.2, 0.25) is 0 Å². The van der Waals surface area contributed by atoms with Crippen LogP contribution in [0.25, 0.3) is 27.2 Å². The molecule has 4 rings (SSSR count). The lowest BCUT2D eigenvalue weighted by atomic mass is 10.1. The summed E-state index contributed by atoms with van der Waals surface area (Å²) in [5.74, 6) is 0. The zero-order valence-electron chi connectivity index (χ0n) is 17.0. The molecule has 3 heterocycles. The van der Waals surface area contributed by atoms with Gasteiger partial charge in [-0.05, 0) is 36.3 Å². The van der Waals surface area contributed by atoms with E-state index in [9.17, 15) is 13.2 Å². The van der Waals surface area contributed by atoms with Gasteiger partial charge in [-0.1, -0.05) is 29.5 Å². The molecule has 0 fully saturated rings. The number of carbonyl (C=O) groups is 1. The first-order valence-corrected chi connectivity index (χ1v) is 12.2. The summed E-state index contributed by atoms with van der Waals surface area (Å²) in [6.45, 7) is 1.25. The Morgan fingerprint density at radius 3 is 2.43 bits per heavy atom. The molecular formula is C21H22N4O3S2. The number of hydrogen-bond donors (Lipinski definition) is 0. The van der Waals surface area contributed by atoms with Crippen LogP contribution in [0.1, 0.15) is 11.4 Å². The summed E-state index contributed by atoms with van der Waals surface area (Å²) in [5.41, 5.74) is 3.60. The molecule has 1 aliphatic heterocycles. The van der Waals surface area contributed by atoms with Gasteiger partial charge in [0.2, 0.25) is 0 Å². The second-order valence-electron chi connectivity index (χ2n) is 7.44. The molecule has 3 aromatic rings. The number of amides is 2. The third kappa shape index (κ3) is 4.08. The van der Waals surface area contributed by atoms with Gasteiger partial charge >= 0.3 is 6.03 Å². The van der Waals surface area contributed by atoms with Crippen molar-refractivity contribution in [2.45, 2.75) is 11.3 Å². The van der Waals surface area contributed by atoms with Crippen LogP contribution >= 0.6 is 11.3 Å². The van der Waals surface area contributed by atoms with Crippen LogP contribution in [0, 0.1) is 0 Å². The summed E-state index contributed by atoms with van der Waals surface area (Å²) in [6.07, 6.45) is 4.02. The molecule has 156 valence electrons. The third-order valence-electron chi connectivity index (χ3n) is 4.97. The molecule has 0 bridgehead atoms. The van der Waals surface area contributed by atoms with Gasteiger partial charge in [-0.2, -0.15) is 0 Å². The molecule has 0 N–H and O–H groups in total. The fraction of sp³-hybridized carbons (Fsp3) is 0.286. The molecular weight excluding hydrogens is 420 g/mol. The maximum absolute atomic E-state index is 12.1. The molecule has 1 aromatic carbocycles. The second kappa shape index (κ2) is 7.81. The van der Waals surface area contributed by atoms with Crippen LogP contribution < -0.4 is 0 Å². The van der Waals surface area contributed by atoms with Gasteiger partial charge < -0.3 is 9.80 Å². The topological polar surface area (TPSA) is 83.5 Å². The first kappa shape index (κ1) is 20.5. The van der Waals surface area contributed by atoms with Gasteiger partial charge in [0.15, 0.2) is 9.84 Å². The van der Waals surface area contributed by atoms with Crippen molar-refractivity contribution < 1.29 is 13.2 Å². The normalized spacial score (nSPS) is 14.6. The lowest BCUT2D eigenvalue weighted by Crippen LogP contribution is -2.41. The molecule has 2 amide bonds. The molecule has 0 saturated heterocycles. The summed E-state index contributed by atoms with van der Waals surface area (Å²) in [7, 11) is 0.293. The number of aromatic nitrogens is 2. The van der Waals surface area contributed by atoms with E-state index >= 15 is 0 Å². The molecule has 0 atom stereocenters. The average Bonchev–Trinajstić information content (AvgIpc) is 3.16. The molecule has 0 radical (unpaired) electrons. The summed E-state index contributed by atoms with van der Waals surface area (Å²) >= 11 is 1.54. The van der Waals surface area contributed by atoms with Gasteiger partial charge in [0.05, 0.1) is 10.6 Å². The first-order valence-electron chi connectivity index (χ1n) is 9.46. The van der Waals surface area contributed by atoms with Crippen molar-refractivity contribution in [1.29, 1.82) is 0 Å². The molecule has 30 heavy (non-hydrogen) atoms. The maximum atomic E-state index is 12.1. The summed E-state index contributed by atoms with van der Waals surface area (Å²) in [6, 6.07) is 10.6. The van der Waals surface area contributed by atoms with Crippen LogP contribution in [-0.4, -0.2) is 67.7 Å². The minimum absolute atomic E-state index is 0.0165. The highest BCUT2D eigenvalue weighted by Crippen LogP contribution is 2.31. The zero-order valence-corrected chi connectivity index (χ0v) is 18.6. The molecule has 0 spiro atoms. The van der Waals surface area contributed by atoms with Gasteiger partial charge in [0, 0.05) is 39.0 Å². The molecule has 2 aromatic heterocycles. The Balaban J connectivity index is 1.58. The largest absolute Gasteiger partial charge is 0.331 e. The van der Waals surface area contributed by atoms with E-state index in [4.69, 9.17) is 9.97 Å². The molecule has 0 unspecified atom stereocenters. The predicted octanol–water partition coefficient (Wildman–Crippen LogP) is 3.53. The molecule has 0 aliphatic carbocycles. The summed E-state index contributed by atoms with van der Waals surface area (Å²) < 4.78 is 23.3. The van der Waals surface area contributed by atoms with Crippen molar-refractivity contribution in [3.05, 3.63) is 47.5 Å². The smallest absolute Gasteiger partial charge is 0.319 e. The summed E-state index contributed by atoms with van der Waals surface area (Å²) in [4.78, 5) is 26.1. The highest BCUT2D eigenvalue weighted by molar-refractivity contribution is 7.90. The van der Waals surface area contributed by atoms with E-state index < -0.39 is 9.84 Å². The average molecular weight is 443 g/mol. The van der Waals surface area contributed by atoms with Crippen molar-refractivity contribution in [2.24, 2.45) is 0 Å². The van der Waals surface area contributed by atoms with E-state index in [0.717, 1.165) is 38.6 Å².